The Morgan fingerprint density at radius 2 is 1.83 bits per heavy atom. The Kier molecular flexibility index (Phi) is 7.92. The van der Waals surface area contributed by atoms with Crippen LogP contribution < -0.4 is 10.5 Å². The third-order valence-corrected chi connectivity index (χ3v) is 10.2. The van der Waals surface area contributed by atoms with Crippen molar-refractivity contribution in [1.29, 1.82) is 0 Å². The van der Waals surface area contributed by atoms with Crippen molar-refractivity contribution in [2.75, 3.05) is 37.3 Å². The molecule has 3 aromatic heterocycles. The summed E-state index contributed by atoms with van der Waals surface area (Å²) >= 11 is 6.78. The summed E-state index contributed by atoms with van der Waals surface area (Å²) in [6, 6.07) is 7.00. The Balaban J connectivity index is 1.71. The molecule has 4 aromatic rings. The van der Waals surface area contributed by atoms with Crippen LogP contribution in [0.25, 0.3) is 28.0 Å². The van der Waals surface area contributed by atoms with Gasteiger partial charge in [0.1, 0.15) is 17.2 Å². The molecule has 1 aromatic carbocycles. The summed E-state index contributed by atoms with van der Waals surface area (Å²) in [6.45, 7) is 10.9. The number of pyridine rings is 3. The molecule has 2 aliphatic heterocycles. The first-order chi connectivity index (χ1) is 21.7. The maximum atomic E-state index is 15.2. The molecule has 0 unspecified atom stereocenters. The molecular formula is C33H33ClFN5O5S. The predicted octanol–water partition coefficient (Wildman–Crippen LogP) is 4.86. The molecule has 0 radical (unpaired) electrons. The van der Waals surface area contributed by atoms with E-state index in [2.05, 4.69) is 11.6 Å². The number of anilines is 1. The van der Waals surface area contributed by atoms with Crippen molar-refractivity contribution in [2.45, 2.75) is 31.6 Å². The molecule has 2 saturated heterocycles. The largest absolute Gasteiger partial charge is 0.507 e. The summed E-state index contributed by atoms with van der Waals surface area (Å²) in [7, 11) is -4.15. The van der Waals surface area contributed by atoms with E-state index in [1.165, 1.54) is 28.8 Å². The maximum Gasteiger partial charge on any atom is 0.277 e. The van der Waals surface area contributed by atoms with Gasteiger partial charge >= 0.3 is 0 Å². The number of aryl methyl sites for hydroxylation is 1. The smallest absolute Gasteiger partial charge is 0.277 e. The highest BCUT2D eigenvalue weighted by Gasteiger charge is 2.43. The second-order valence-electron chi connectivity index (χ2n) is 12.3. The van der Waals surface area contributed by atoms with Crippen LogP contribution in [-0.2, 0) is 14.6 Å². The van der Waals surface area contributed by atoms with Crippen LogP contribution in [0, 0.1) is 24.6 Å². The van der Waals surface area contributed by atoms with Crippen LogP contribution in [0.4, 0.5) is 10.1 Å². The number of phenols is 1. The van der Waals surface area contributed by atoms with E-state index in [9.17, 15) is 23.1 Å². The van der Waals surface area contributed by atoms with Gasteiger partial charge in [-0.05, 0) is 48.7 Å². The van der Waals surface area contributed by atoms with Crippen LogP contribution in [0.5, 0.6) is 5.75 Å². The van der Waals surface area contributed by atoms with Gasteiger partial charge in [0.2, 0.25) is 5.91 Å². The van der Waals surface area contributed by atoms with E-state index in [1.807, 2.05) is 18.7 Å². The highest BCUT2D eigenvalue weighted by Crippen LogP contribution is 2.43. The number of benzene rings is 1. The average molecular weight is 666 g/mol. The molecule has 0 aliphatic carbocycles. The minimum Gasteiger partial charge on any atom is -0.507 e. The van der Waals surface area contributed by atoms with Crippen molar-refractivity contribution < 1.29 is 22.7 Å². The van der Waals surface area contributed by atoms with Crippen molar-refractivity contribution >= 4 is 44.1 Å². The number of likely N-dealkylation sites (tertiary alicyclic amines) is 1. The molecule has 0 saturated carbocycles. The summed E-state index contributed by atoms with van der Waals surface area (Å²) in [5.74, 6) is -1.46. The van der Waals surface area contributed by atoms with Crippen molar-refractivity contribution in [2.24, 2.45) is 11.8 Å². The molecule has 2 aliphatic rings. The fraction of sp³-hybridized carbons (Fsp3) is 0.333. The second kappa shape index (κ2) is 11.5. The number of carbonyl (C=O) groups is 1. The van der Waals surface area contributed by atoms with Crippen molar-refractivity contribution in [1.82, 2.24) is 19.4 Å². The van der Waals surface area contributed by atoms with Gasteiger partial charge in [-0.3, -0.25) is 19.1 Å². The number of hydrogen-bond acceptors (Lipinski definition) is 8. The zero-order chi connectivity index (χ0) is 33.2. The van der Waals surface area contributed by atoms with Gasteiger partial charge < -0.3 is 14.9 Å². The van der Waals surface area contributed by atoms with Crippen molar-refractivity contribution in [3.63, 3.8) is 0 Å². The highest BCUT2D eigenvalue weighted by atomic mass is 35.5. The molecule has 10 nitrogen and oxygen atoms in total. The Labute approximate surface area is 270 Å². The number of rotatable bonds is 6. The lowest BCUT2D eigenvalue weighted by Gasteiger charge is -2.27. The van der Waals surface area contributed by atoms with Crippen LogP contribution >= 0.6 is 11.6 Å². The maximum absolute atomic E-state index is 15.2. The standard InChI is InChI=1S/C33H33ClFN5O5S/c1-6-25(42)38-13-19-15-39(16-20(19)14-38)30-21-12-22(34)28(26-23(35)8-7-9-24(26)41)37-32(21)40(33(43)31(30)46(5,44)45)29-18(4)10-11-36-27(29)17(2)3/h6-12,17,19-20,41H,1,13-16H2,2-5H3/t19-,20+. The lowest BCUT2D eigenvalue weighted by atomic mass is 10.0. The monoisotopic (exact) mass is 665 g/mol. The van der Waals surface area contributed by atoms with Gasteiger partial charge in [-0.25, -0.2) is 17.8 Å². The minimum atomic E-state index is -4.15. The normalized spacial score (nSPS) is 18.1. The minimum absolute atomic E-state index is 0.0277. The number of sulfone groups is 1. The molecule has 6 rings (SSSR count). The second-order valence-corrected chi connectivity index (χ2v) is 14.7. The fourth-order valence-corrected chi connectivity index (χ4v) is 8.04. The van der Waals surface area contributed by atoms with Crippen molar-refractivity contribution in [3.05, 3.63) is 81.6 Å². The molecule has 2 atom stereocenters. The van der Waals surface area contributed by atoms with E-state index in [0.29, 0.717) is 43.1 Å². The Morgan fingerprint density at radius 3 is 2.41 bits per heavy atom. The third-order valence-electron chi connectivity index (χ3n) is 8.85. The Morgan fingerprint density at radius 1 is 1.15 bits per heavy atom. The van der Waals surface area contributed by atoms with Gasteiger partial charge in [0.25, 0.3) is 5.56 Å². The summed E-state index contributed by atoms with van der Waals surface area (Å²) in [5, 5.41) is 10.9. The third kappa shape index (κ3) is 5.13. The molecule has 2 fully saturated rings. The summed E-state index contributed by atoms with van der Waals surface area (Å²) < 4.78 is 43.6. The number of amides is 1. The molecule has 1 amide bonds. The summed E-state index contributed by atoms with van der Waals surface area (Å²) in [4.78, 5) is 39.4. The zero-order valence-electron chi connectivity index (χ0n) is 25.8. The zero-order valence-corrected chi connectivity index (χ0v) is 27.4. The van der Waals surface area contributed by atoms with Crippen LogP contribution in [-0.4, -0.2) is 71.3 Å². The summed E-state index contributed by atoms with van der Waals surface area (Å²) in [5.41, 5.74) is 0.530. The first-order valence-corrected chi connectivity index (χ1v) is 17.1. The van der Waals surface area contributed by atoms with Gasteiger partial charge in [0.15, 0.2) is 14.7 Å². The lowest BCUT2D eigenvalue weighted by molar-refractivity contribution is -0.125. The van der Waals surface area contributed by atoms with Crippen LogP contribution in [0.1, 0.15) is 31.0 Å². The molecule has 13 heteroatoms. The highest BCUT2D eigenvalue weighted by molar-refractivity contribution is 7.90. The van der Waals surface area contributed by atoms with Crippen LogP contribution in [0.15, 0.2) is 58.9 Å². The molecule has 46 heavy (non-hydrogen) atoms. The lowest BCUT2D eigenvalue weighted by Crippen LogP contribution is -2.35. The van der Waals surface area contributed by atoms with Crippen LogP contribution in [0.2, 0.25) is 5.02 Å². The predicted molar refractivity (Wildman–Crippen MR) is 175 cm³/mol. The molecule has 0 bridgehead atoms. The number of phenolic OH excluding ortho intramolecular Hbond substituents is 1. The number of aromatic nitrogens is 3. The molecule has 1 N–H and O–H groups in total. The molecular weight excluding hydrogens is 633 g/mol. The SMILES string of the molecule is C=CC(=O)N1C[C@@H]2CN(c3c(S(C)(=O)=O)c(=O)n(-c4c(C)ccnc4C(C)C)c4nc(-c5c(O)cccc5F)c(Cl)cc34)C[C@@H]2C1. The number of nitrogens with zero attached hydrogens (tertiary/aromatic N) is 5. The van der Waals surface area contributed by atoms with Crippen molar-refractivity contribution in [3.8, 4) is 22.7 Å². The van der Waals surface area contributed by atoms with Gasteiger partial charge in [0.05, 0.1) is 33.3 Å². The van der Waals surface area contributed by atoms with Gasteiger partial charge in [-0.2, -0.15) is 0 Å². The van der Waals surface area contributed by atoms with Gasteiger partial charge in [-0.1, -0.05) is 38.1 Å². The van der Waals surface area contributed by atoms with E-state index >= 15 is 4.39 Å². The number of hydrogen-bond donors (Lipinski definition) is 1. The molecule has 5 heterocycles. The first-order valence-electron chi connectivity index (χ1n) is 14.8. The van der Waals surface area contributed by atoms with E-state index in [1.54, 1.807) is 24.1 Å². The number of halogens is 2. The quantitative estimate of drug-likeness (QED) is 0.290. The molecule has 240 valence electrons. The molecule has 0 spiro atoms. The Bertz CT molecular complexity index is 2080. The average Bonchev–Trinajstić information content (AvgIpc) is 3.56. The number of fused-ring (bicyclic) bond motifs is 2. The van der Waals surface area contributed by atoms with E-state index in [0.717, 1.165) is 12.3 Å². The van der Waals surface area contributed by atoms with Crippen LogP contribution in [0.3, 0.4) is 0 Å². The van der Waals surface area contributed by atoms with Gasteiger partial charge in [-0.15, -0.1) is 0 Å². The Hall–Kier alpha value is -4.29. The fourth-order valence-electron chi connectivity index (χ4n) is 6.79. The summed E-state index contributed by atoms with van der Waals surface area (Å²) in [6.07, 6.45) is 3.88. The van der Waals surface area contributed by atoms with E-state index in [-0.39, 0.29) is 56.7 Å². The topological polar surface area (TPSA) is 126 Å². The number of carbonyl (C=O) groups excluding carboxylic acids is 1. The number of aromatic hydroxyl groups is 1. The van der Waals surface area contributed by atoms with E-state index in [4.69, 9.17) is 16.6 Å². The van der Waals surface area contributed by atoms with E-state index < -0.39 is 31.9 Å². The first kappa shape index (κ1) is 31.7. The van der Waals surface area contributed by atoms with Gasteiger partial charge in [0, 0.05) is 55.9 Å².